The highest BCUT2D eigenvalue weighted by Gasteiger charge is 2.20. The molecule has 14 heavy (non-hydrogen) atoms. The number of carbonyl (C=O) groups is 1. The molecule has 1 aromatic heterocycles. The van der Waals surface area contributed by atoms with E-state index in [1.54, 1.807) is 12.3 Å². The second-order valence-electron chi connectivity index (χ2n) is 3.46. The first-order valence-electron chi connectivity index (χ1n) is 4.64. The van der Waals surface area contributed by atoms with Crippen LogP contribution in [0.4, 0.5) is 5.82 Å². The van der Waals surface area contributed by atoms with E-state index in [1.165, 1.54) is 0 Å². The van der Waals surface area contributed by atoms with Crippen molar-refractivity contribution in [1.82, 2.24) is 4.98 Å². The third-order valence-electron chi connectivity index (χ3n) is 2.39. The number of hydrogen-bond acceptors (Lipinski definition) is 4. The minimum absolute atomic E-state index is 0.248. The summed E-state index contributed by atoms with van der Waals surface area (Å²) in [4.78, 5) is 16.6. The highest BCUT2D eigenvalue weighted by Crippen LogP contribution is 2.17. The maximum atomic E-state index is 10.4. The lowest BCUT2D eigenvalue weighted by molar-refractivity contribution is 0.112. The van der Waals surface area contributed by atoms with E-state index in [-0.39, 0.29) is 6.10 Å². The smallest absolute Gasteiger partial charge is 0.151 e. The number of aliphatic hydroxyl groups is 1. The zero-order chi connectivity index (χ0) is 9.97. The van der Waals surface area contributed by atoms with Crippen LogP contribution in [0.5, 0.6) is 0 Å². The molecule has 0 amide bonds. The van der Waals surface area contributed by atoms with E-state index in [0.717, 1.165) is 25.1 Å². The first-order valence-corrected chi connectivity index (χ1v) is 4.64. The molecule has 4 nitrogen and oxygen atoms in total. The number of aliphatic hydroxyl groups excluding tert-OH is 1. The van der Waals surface area contributed by atoms with Crippen molar-refractivity contribution in [2.75, 3.05) is 18.0 Å². The number of nitrogens with zero attached hydrogens (tertiary/aromatic N) is 2. The molecule has 1 unspecified atom stereocenters. The van der Waals surface area contributed by atoms with E-state index < -0.39 is 0 Å². The molecule has 2 heterocycles. The van der Waals surface area contributed by atoms with E-state index >= 15 is 0 Å². The summed E-state index contributed by atoms with van der Waals surface area (Å²) in [6.07, 6.45) is 2.86. The van der Waals surface area contributed by atoms with Gasteiger partial charge in [-0.05, 0) is 18.6 Å². The summed E-state index contributed by atoms with van der Waals surface area (Å²) in [5, 5.41) is 9.34. The molecule has 0 spiro atoms. The van der Waals surface area contributed by atoms with Gasteiger partial charge in [-0.1, -0.05) is 0 Å². The SMILES string of the molecule is O=Cc1ccc(N2CCC(O)C2)nc1. The highest BCUT2D eigenvalue weighted by molar-refractivity contribution is 5.74. The van der Waals surface area contributed by atoms with Crippen molar-refractivity contribution < 1.29 is 9.90 Å². The molecule has 1 atom stereocenters. The highest BCUT2D eigenvalue weighted by atomic mass is 16.3. The predicted molar refractivity (Wildman–Crippen MR) is 52.5 cm³/mol. The number of aromatic nitrogens is 1. The van der Waals surface area contributed by atoms with Crippen molar-refractivity contribution in [1.29, 1.82) is 0 Å². The molecule has 0 aliphatic carbocycles. The molecule has 1 aliphatic heterocycles. The molecule has 0 radical (unpaired) electrons. The van der Waals surface area contributed by atoms with Crippen molar-refractivity contribution in [3.05, 3.63) is 23.9 Å². The third kappa shape index (κ3) is 1.75. The lowest BCUT2D eigenvalue weighted by atomic mass is 10.3. The van der Waals surface area contributed by atoms with Gasteiger partial charge in [-0.3, -0.25) is 4.79 Å². The van der Waals surface area contributed by atoms with Gasteiger partial charge in [0.25, 0.3) is 0 Å². The Morgan fingerprint density at radius 1 is 1.57 bits per heavy atom. The van der Waals surface area contributed by atoms with Crippen LogP contribution < -0.4 is 4.90 Å². The van der Waals surface area contributed by atoms with Gasteiger partial charge in [-0.25, -0.2) is 4.98 Å². The summed E-state index contributed by atoms with van der Waals surface area (Å²) < 4.78 is 0. The Bertz CT molecular complexity index is 323. The summed E-state index contributed by atoms with van der Waals surface area (Å²) >= 11 is 0. The average Bonchev–Trinajstić information content (AvgIpc) is 2.65. The van der Waals surface area contributed by atoms with Gasteiger partial charge in [0.2, 0.25) is 0 Å². The number of pyridine rings is 1. The van der Waals surface area contributed by atoms with Crippen molar-refractivity contribution in [2.45, 2.75) is 12.5 Å². The number of aldehydes is 1. The lowest BCUT2D eigenvalue weighted by Crippen LogP contribution is -2.22. The van der Waals surface area contributed by atoms with Crippen LogP contribution in [0.2, 0.25) is 0 Å². The molecular weight excluding hydrogens is 180 g/mol. The summed E-state index contributed by atoms with van der Waals surface area (Å²) in [7, 11) is 0. The van der Waals surface area contributed by atoms with Gasteiger partial charge in [0.15, 0.2) is 6.29 Å². The van der Waals surface area contributed by atoms with Crippen LogP contribution in [0, 0.1) is 0 Å². The molecule has 0 saturated carbocycles. The van der Waals surface area contributed by atoms with E-state index in [4.69, 9.17) is 0 Å². The molecule has 2 rings (SSSR count). The monoisotopic (exact) mass is 192 g/mol. The molecule has 0 aromatic carbocycles. The topological polar surface area (TPSA) is 53.4 Å². The Morgan fingerprint density at radius 2 is 2.43 bits per heavy atom. The van der Waals surface area contributed by atoms with Crippen molar-refractivity contribution in [3.8, 4) is 0 Å². The average molecular weight is 192 g/mol. The van der Waals surface area contributed by atoms with Crippen LogP contribution in [0.15, 0.2) is 18.3 Å². The number of hydrogen-bond donors (Lipinski definition) is 1. The van der Waals surface area contributed by atoms with Gasteiger partial charge in [0, 0.05) is 24.8 Å². The van der Waals surface area contributed by atoms with Gasteiger partial charge >= 0.3 is 0 Å². The zero-order valence-corrected chi connectivity index (χ0v) is 7.76. The number of rotatable bonds is 2. The Hall–Kier alpha value is -1.42. The summed E-state index contributed by atoms with van der Waals surface area (Å²) in [5.74, 6) is 0.826. The fourth-order valence-corrected chi connectivity index (χ4v) is 1.60. The van der Waals surface area contributed by atoms with Gasteiger partial charge in [0.05, 0.1) is 6.10 Å². The van der Waals surface area contributed by atoms with Gasteiger partial charge in [-0.2, -0.15) is 0 Å². The van der Waals surface area contributed by atoms with E-state index in [1.807, 2.05) is 11.0 Å². The number of carbonyl (C=O) groups excluding carboxylic acids is 1. The van der Waals surface area contributed by atoms with Crippen LogP contribution >= 0.6 is 0 Å². The first kappa shape index (κ1) is 9.15. The molecule has 1 aliphatic rings. The van der Waals surface area contributed by atoms with Crippen molar-refractivity contribution in [3.63, 3.8) is 0 Å². The fraction of sp³-hybridized carbons (Fsp3) is 0.400. The molecule has 1 saturated heterocycles. The molecule has 74 valence electrons. The molecule has 1 aromatic rings. The minimum atomic E-state index is -0.248. The molecular formula is C10H12N2O2. The maximum Gasteiger partial charge on any atom is 0.151 e. The Labute approximate surface area is 82.2 Å². The number of β-amino-alcohol motifs (C(OH)–C–C–N with tert-alkyl or cyclic N) is 1. The van der Waals surface area contributed by atoms with Gasteiger partial charge in [0.1, 0.15) is 5.82 Å². The molecule has 4 heteroatoms. The van der Waals surface area contributed by atoms with Gasteiger partial charge < -0.3 is 10.0 Å². The van der Waals surface area contributed by atoms with Crippen LogP contribution in [0.25, 0.3) is 0 Å². The largest absolute Gasteiger partial charge is 0.391 e. The van der Waals surface area contributed by atoms with E-state index in [0.29, 0.717) is 12.1 Å². The summed E-state index contributed by atoms with van der Waals surface area (Å²) in [6.45, 7) is 1.46. The Balaban J connectivity index is 2.13. The van der Waals surface area contributed by atoms with Gasteiger partial charge in [-0.15, -0.1) is 0 Å². The molecule has 0 bridgehead atoms. The second-order valence-corrected chi connectivity index (χ2v) is 3.46. The van der Waals surface area contributed by atoms with Crippen LogP contribution in [-0.2, 0) is 0 Å². The fourth-order valence-electron chi connectivity index (χ4n) is 1.60. The maximum absolute atomic E-state index is 10.4. The summed E-state index contributed by atoms with van der Waals surface area (Å²) in [6, 6.07) is 3.54. The van der Waals surface area contributed by atoms with Crippen LogP contribution in [-0.4, -0.2) is 35.6 Å². The van der Waals surface area contributed by atoms with E-state index in [2.05, 4.69) is 4.98 Å². The first-order chi connectivity index (χ1) is 6.79. The summed E-state index contributed by atoms with van der Waals surface area (Å²) in [5.41, 5.74) is 0.577. The molecule has 1 fully saturated rings. The second kappa shape index (κ2) is 3.75. The third-order valence-corrected chi connectivity index (χ3v) is 2.39. The Morgan fingerprint density at radius 3 is 2.93 bits per heavy atom. The quantitative estimate of drug-likeness (QED) is 0.692. The van der Waals surface area contributed by atoms with Crippen LogP contribution in [0.3, 0.4) is 0 Å². The van der Waals surface area contributed by atoms with E-state index in [9.17, 15) is 9.90 Å². The van der Waals surface area contributed by atoms with Crippen molar-refractivity contribution >= 4 is 12.1 Å². The van der Waals surface area contributed by atoms with Crippen molar-refractivity contribution in [2.24, 2.45) is 0 Å². The lowest BCUT2D eigenvalue weighted by Gasteiger charge is -2.15. The standard InChI is InChI=1S/C10H12N2O2/c13-7-8-1-2-10(11-5-8)12-4-3-9(14)6-12/h1-2,5,7,9,14H,3-4,6H2. The predicted octanol–water partition coefficient (Wildman–Crippen LogP) is 0.465. The zero-order valence-electron chi connectivity index (χ0n) is 7.76. The number of anilines is 1. The normalized spacial score (nSPS) is 21.2. The Kier molecular flexibility index (Phi) is 2.45. The molecule has 1 N–H and O–H groups in total. The van der Waals surface area contributed by atoms with Crippen LogP contribution in [0.1, 0.15) is 16.8 Å². The minimum Gasteiger partial charge on any atom is -0.391 e.